The maximum absolute atomic E-state index is 13.7. The molecular formula is C19H19F3O3. The predicted octanol–water partition coefficient (Wildman–Crippen LogP) is 5.27. The quantitative estimate of drug-likeness (QED) is 0.706. The summed E-state index contributed by atoms with van der Waals surface area (Å²) in [6.45, 7) is 0. The lowest BCUT2D eigenvalue weighted by Crippen LogP contribution is -2.51. The standard InChI is InChI=1S/C19H19F3O3/c1-24-17(23)14-9-8-13-6-5-7-16(15(13)12-14)25-18(19(20,21)22)10-3-2-4-11-18/h5-9,12H,2-4,10-11H2,1H3. The molecule has 0 unspecified atom stereocenters. The lowest BCUT2D eigenvalue weighted by atomic mass is 9.84. The van der Waals surface area contributed by atoms with E-state index in [1.165, 1.54) is 19.2 Å². The van der Waals surface area contributed by atoms with Crippen LogP contribution in [0.5, 0.6) is 5.75 Å². The van der Waals surface area contributed by atoms with Crippen molar-refractivity contribution in [3.05, 3.63) is 42.0 Å². The largest absolute Gasteiger partial charge is 0.477 e. The van der Waals surface area contributed by atoms with Gasteiger partial charge in [0.1, 0.15) is 5.75 Å². The van der Waals surface area contributed by atoms with Gasteiger partial charge in [0.25, 0.3) is 0 Å². The Morgan fingerprint density at radius 1 is 1.08 bits per heavy atom. The first-order valence-corrected chi connectivity index (χ1v) is 8.23. The number of alkyl halides is 3. The van der Waals surface area contributed by atoms with Crippen molar-refractivity contribution in [3.63, 3.8) is 0 Å². The van der Waals surface area contributed by atoms with Crippen LogP contribution in [0.25, 0.3) is 10.8 Å². The maximum Gasteiger partial charge on any atom is 0.428 e. The Kier molecular flexibility index (Phi) is 4.62. The minimum atomic E-state index is -4.45. The average molecular weight is 352 g/mol. The molecule has 6 heteroatoms. The third kappa shape index (κ3) is 3.30. The van der Waals surface area contributed by atoms with E-state index >= 15 is 0 Å². The molecule has 3 rings (SSSR count). The van der Waals surface area contributed by atoms with Crippen LogP contribution in [0.4, 0.5) is 13.2 Å². The molecule has 0 saturated heterocycles. The number of carbonyl (C=O) groups excluding carboxylic acids is 1. The second-order valence-electron chi connectivity index (χ2n) is 6.34. The second kappa shape index (κ2) is 6.58. The van der Waals surface area contributed by atoms with Crippen molar-refractivity contribution in [1.82, 2.24) is 0 Å². The number of hydrogen-bond donors (Lipinski definition) is 0. The van der Waals surface area contributed by atoms with Crippen molar-refractivity contribution in [1.29, 1.82) is 0 Å². The zero-order valence-corrected chi connectivity index (χ0v) is 13.9. The van der Waals surface area contributed by atoms with Gasteiger partial charge in [0.15, 0.2) is 0 Å². The number of benzene rings is 2. The molecule has 0 bridgehead atoms. The van der Waals surface area contributed by atoms with Crippen LogP contribution in [-0.2, 0) is 4.74 Å². The van der Waals surface area contributed by atoms with Crippen LogP contribution in [0.3, 0.4) is 0 Å². The molecule has 3 nitrogen and oxygen atoms in total. The second-order valence-corrected chi connectivity index (χ2v) is 6.34. The fourth-order valence-electron chi connectivity index (χ4n) is 3.35. The van der Waals surface area contributed by atoms with E-state index in [1.54, 1.807) is 24.3 Å². The van der Waals surface area contributed by atoms with Gasteiger partial charge in [0.05, 0.1) is 12.7 Å². The average Bonchev–Trinajstić information content (AvgIpc) is 2.61. The van der Waals surface area contributed by atoms with Crippen molar-refractivity contribution in [2.45, 2.75) is 43.9 Å². The van der Waals surface area contributed by atoms with E-state index in [2.05, 4.69) is 4.74 Å². The fraction of sp³-hybridized carbons (Fsp3) is 0.421. The summed E-state index contributed by atoms with van der Waals surface area (Å²) in [5.41, 5.74) is -1.89. The van der Waals surface area contributed by atoms with Crippen LogP contribution < -0.4 is 4.74 Å². The first-order valence-electron chi connectivity index (χ1n) is 8.23. The third-order valence-corrected chi connectivity index (χ3v) is 4.75. The molecule has 2 aromatic rings. The fourth-order valence-corrected chi connectivity index (χ4v) is 3.35. The van der Waals surface area contributed by atoms with E-state index in [4.69, 9.17) is 4.74 Å². The highest BCUT2D eigenvalue weighted by Crippen LogP contribution is 2.45. The minimum Gasteiger partial charge on any atom is -0.477 e. The van der Waals surface area contributed by atoms with Crippen LogP contribution in [0.2, 0.25) is 0 Å². The van der Waals surface area contributed by atoms with Gasteiger partial charge in [-0.3, -0.25) is 0 Å². The highest BCUT2D eigenvalue weighted by Gasteiger charge is 2.57. The number of hydrogen-bond acceptors (Lipinski definition) is 3. The van der Waals surface area contributed by atoms with Crippen molar-refractivity contribution in [2.24, 2.45) is 0 Å². The summed E-state index contributed by atoms with van der Waals surface area (Å²) in [5.74, 6) is -0.401. The Hall–Kier alpha value is -2.24. The van der Waals surface area contributed by atoms with Gasteiger partial charge in [-0.05, 0) is 49.3 Å². The molecule has 1 aliphatic rings. The Bertz CT molecular complexity index is 777. The first kappa shape index (κ1) is 17.6. The van der Waals surface area contributed by atoms with Gasteiger partial charge in [-0.1, -0.05) is 24.6 Å². The van der Waals surface area contributed by atoms with Crippen LogP contribution in [-0.4, -0.2) is 24.9 Å². The first-order chi connectivity index (χ1) is 11.9. The molecule has 1 aliphatic carbocycles. The molecule has 1 fully saturated rings. The summed E-state index contributed by atoms with van der Waals surface area (Å²) in [5, 5.41) is 1.18. The Morgan fingerprint density at radius 2 is 1.80 bits per heavy atom. The maximum atomic E-state index is 13.7. The van der Waals surface area contributed by atoms with Gasteiger partial charge in [-0.2, -0.15) is 13.2 Å². The number of halogens is 3. The van der Waals surface area contributed by atoms with Gasteiger partial charge in [-0.15, -0.1) is 0 Å². The molecule has 25 heavy (non-hydrogen) atoms. The summed E-state index contributed by atoms with van der Waals surface area (Å²) in [6.07, 6.45) is -2.80. The lowest BCUT2D eigenvalue weighted by Gasteiger charge is -2.39. The molecule has 1 saturated carbocycles. The van der Waals surface area contributed by atoms with Gasteiger partial charge >= 0.3 is 12.1 Å². The number of fused-ring (bicyclic) bond motifs is 1. The van der Waals surface area contributed by atoms with Crippen LogP contribution in [0.15, 0.2) is 36.4 Å². The number of ether oxygens (including phenoxy) is 2. The SMILES string of the molecule is COC(=O)c1ccc2cccc(OC3(C(F)(F)F)CCCCC3)c2c1. The van der Waals surface area contributed by atoms with Gasteiger partial charge in [-0.25, -0.2) is 4.79 Å². The molecule has 0 amide bonds. The summed E-state index contributed by atoms with van der Waals surface area (Å²) in [6, 6.07) is 9.72. The third-order valence-electron chi connectivity index (χ3n) is 4.75. The van der Waals surface area contributed by atoms with Gasteiger partial charge in [0, 0.05) is 5.39 Å². The van der Waals surface area contributed by atoms with Crippen LogP contribution in [0, 0.1) is 0 Å². The number of methoxy groups -OCH3 is 1. The van der Waals surface area contributed by atoms with Gasteiger partial charge < -0.3 is 9.47 Å². The van der Waals surface area contributed by atoms with Crippen molar-refractivity contribution in [2.75, 3.05) is 7.11 Å². The molecule has 2 aromatic carbocycles. The molecule has 0 atom stereocenters. The summed E-state index contributed by atoms with van der Waals surface area (Å²) < 4.78 is 51.5. The van der Waals surface area contributed by atoms with Crippen LogP contribution in [0.1, 0.15) is 42.5 Å². The molecule has 0 heterocycles. The molecule has 0 N–H and O–H groups in total. The Balaban J connectivity index is 2.06. The van der Waals surface area contributed by atoms with Gasteiger partial charge in [0.2, 0.25) is 5.60 Å². The zero-order valence-electron chi connectivity index (χ0n) is 13.9. The van der Waals surface area contributed by atoms with Crippen molar-refractivity contribution < 1.29 is 27.4 Å². The van der Waals surface area contributed by atoms with E-state index in [0.29, 0.717) is 23.6 Å². The van der Waals surface area contributed by atoms with E-state index in [9.17, 15) is 18.0 Å². The molecule has 134 valence electrons. The number of carbonyl (C=O) groups is 1. The van der Waals surface area contributed by atoms with E-state index in [0.717, 1.165) is 6.42 Å². The molecule has 0 radical (unpaired) electrons. The van der Waals surface area contributed by atoms with Crippen LogP contribution >= 0.6 is 0 Å². The van der Waals surface area contributed by atoms with Crippen molar-refractivity contribution >= 4 is 16.7 Å². The summed E-state index contributed by atoms with van der Waals surface area (Å²) >= 11 is 0. The monoisotopic (exact) mass is 352 g/mol. The number of esters is 1. The molecule has 0 spiro atoms. The highest BCUT2D eigenvalue weighted by molar-refractivity contribution is 5.97. The minimum absolute atomic E-state index is 0.0520. The Morgan fingerprint density at radius 3 is 2.44 bits per heavy atom. The summed E-state index contributed by atoms with van der Waals surface area (Å²) in [4.78, 5) is 11.7. The lowest BCUT2D eigenvalue weighted by molar-refractivity contribution is -0.257. The molecular weight excluding hydrogens is 333 g/mol. The Labute approximate surface area is 143 Å². The van der Waals surface area contributed by atoms with Crippen molar-refractivity contribution in [3.8, 4) is 5.75 Å². The normalized spacial score (nSPS) is 17.3. The predicted molar refractivity (Wildman–Crippen MR) is 87.8 cm³/mol. The molecule has 0 aliphatic heterocycles. The highest BCUT2D eigenvalue weighted by atomic mass is 19.4. The smallest absolute Gasteiger partial charge is 0.428 e. The van der Waals surface area contributed by atoms with E-state index in [1.807, 2.05) is 0 Å². The zero-order chi connectivity index (χ0) is 18.1. The van der Waals surface area contributed by atoms with E-state index in [-0.39, 0.29) is 24.2 Å². The molecule has 0 aromatic heterocycles. The number of rotatable bonds is 3. The topological polar surface area (TPSA) is 35.5 Å². The summed E-state index contributed by atoms with van der Waals surface area (Å²) in [7, 11) is 1.26. The van der Waals surface area contributed by atoms with E-state index < -0.39 is 17.7 Å².